The number of rotatable bonds is 8. The first-order chi connectivity index (χ1) is 9.43. The van der Waals surface area contributed by atoms with Gasteiger partial charge in [0.1, 0.15) is 5.75 Å². The lowest BCUT2D eigenvalue weighted by Crippen LogP contribution is -2.38. The minimum Gasteiger partial charge on any atom is -0.497 e. The van der Waals surface area contributed by atoms with Gasteiger partial charge in [0.15, 0.2) is 0 Å². The molecule has 0 aliphatic carbocycles. The molecule has 0 aliphatic heterocycles. The van der Waals surface area contributed by atoms with Crippen molar-refractivity contribution < 1.29 is 19.7 Å². The van der Waals surface area contributed by atoms with Crippen molar-refractivity contribution in [3.63, 3.8) is 0 Å². The highest BCUT2D eigenvalue weighted by atomic mass is 16.5. The Hall–Kier alpha value is -1.59. The lowest BCUT2D eigenvalue weighted by molar-refractivity contribution is -0.138. The second-order valence-electron chi connectivity index (χ2n) is 5.22. The van der Waals surface area contributed by atoms with E-state index >= 15 is 0 Å². The molecule has 20 heavy (non-hydrogen) atoms. The number of carboxylic acids is 1. The monoisotopic (exact) mass is 281 g/mol. The molecule has 0 heterocycles. The first kappa shape index (κ1) is 16.5. The van der Waals surface area contributed by atoms with Crippen molar-refractivity contribution in [1.82, 2.24) is 5.32 Å². The van der Waals surface area contributed by atoms with E-state index in [4.69, 9.17) is 9.84 Å². The Bertz CT molecular complexity index is 416. The van der Waals surface area contributed by atoms with Gasteiger partial charge in [0.05, 0.1) is 19.6 Å². The van der Waals surface area contributed by atoms with Gasteiger partial charge in [-0.25, -0.2) is 0 Å². The van der Waals surface area contributed by atoms with Crippen LogP contribution in [0, 0.1) is 5.92 Å². The summed E-state index contributed by atoms with van der Waals surface area (Å²) in [5.74, 6) is 0.152. The van der Waals surface area contributed by atoms with Crippen molar-refractivity contribution in [2.45, 2.75) is 32.4 Å². The summed E-state index contributed by atoms with van der Waals surface area (Å²) in [6.45, 7) is 4.72. The fraction of sp³-hybridized carbons (Fsp3) is 0.533. The zero-order chi connectivity index (χ0) is 15.1. The van der Waals surface area contributed by atoms with E-state index in [1.165, 1.54) is 0 Å². The van der Waals surface area contributed by atoms with Crippen molar-refractivity contribution in [2.24, 2.45) is 5.92 Å². The molecule has 0 saturated carbocycles. The zero-order valence-electron chi connectivity index (χ0n) is 12.2. The van der Waals surface area contributed by atoms with Crippen LogP contribution in [0.1, 0.15) is 31.9 Å². The average molecular weight is 281 g/mol. The molecule has 2 atom stereocenters. The van der Waals surface area contributed by atoms with Crippen molar-refractivity contribution in [1.29, 1.82) is 0 Å². The van der Waals surface area contributed by atoms with Gasteiger partial charge in [-0.2, -0.15) is 0 Å². The van der Waals surface area contributed by atoms with Crippen molar-refractivity contribution in [3.8, 4) is 5.75 Å². The summed E-state index contributed by atoms with van der Waals surface area (Å²) in [6.07, 6.45) is -0.990. The van der Waals surface area contributed by atoms with Gasteiger partial charge in [-0.1, -0.05) is 26.0 Å². The predicted octanol–water partition coefficient (Wildman–Crippen LogP) is 1.82. The number of nitrogens with one attached hydrogen (secondary N) is 1. The molecule has 5 heteroatoms. The Kier molecular flexibility index (Phi) is 6.48. The summed E-state index contributed by atoms with van der Waals surface area (Å²) in [4.78, 5) is 10.9. The molecule has 5 nitrogen and oxygen atoms in total. The van der Waals surface area contributed by atoms with Crippen molar-refractivity contribution in [2.75, 3.05) is 13.7 Å². The molecule has 2 unspecified atom stereocenters. The minimum atomic E-state index is -0.932. The second-order valence-corrected chi connectivity index (χ2v) is 5.22. The standard InChI is InChI=1S/C15H23NO4/c1-10(2)9-16-13(8-14(17)18)15(19)11-4-6-12(20-3)7-5-11/h4-7,10,13,15-16,19H,8-9H2,1-3H3,(H,17,18). The third-order valence-electron chi connectivity index (χ3n) is 3.02. The highest BCUT2D eigenvalue weighted by Gasteiger charge is 2.23. The van der Waals surface area contributed by atoms with Gasteiger partial charge in [0.2, 0.25) is 0 Å². The molecule has 1 aromatic rings. The van der Waals surface area contributed by atoms with Gasteiger partial charge < -0.3 is 20.3 Å². The summed E-state index contributed by atoms with van der Waals surface area (Å²) < 4.78 is 5.06. The molecule has 0 radical (unpaired) electrons. The van der Waals surface area contributed by atoms with Crippen LogP contribution in [0.3, 0.4) is 0 Å². The maximum Gasteiger partial charge on any atom is 0.305 e. The number of carbonyl (C=O) groups is 1. The maximum atomic E-state index is 10.9. The first-order valence-corrected chi connectivity index (χ1v) is 6.71. The number of hydrogen-bond acceptors (Lipinski definition) is 4. The number of aliphatic hydroxyl groups excluding tert-OH is 1. The van der Waals surface area contributed by atoms with Crippen LogP contribution in [0.5, 0.6) is 5.75 Å². The first-order valence-electron chi connectivity index (χ1n) is 6.71. The fourth-order valence-electron chi connectivity index (χ4n) is 1.90. The van der Waals surface area contributed by atoms with Crippen LogP contribution < -0.4 is 10.1 Å². The van der Waals surface area contributed by atoms with Gasteiger partial charge in [-0.05, 0) is 30.2 Å². The molecule has 0 bridgehead atoms. The minimum absolute atomic E-state index is 0.125. The lowest BCUT2D eigenvalue weighted by atomic mass is 9.99. The third kappa shape index (κ3) is 5.19. The largest absolute Gasteiger partial charge is 0.497 e. The number of aliphatic carboxylic acids is 1. The van der Waals surface area contributed by atoms with E-state index in [1.807, 2.05) is 13.8 Å². The number of methoxy groups -OCH3 is 1. The molecule has 0 aliphatic rings. The summed E-state index contributed by atoms with van der Waals surface area (Å²) in [5.41, 5.74) is 0.674. The number of benzene rings is 1. The van der Waals surface area contributed by atoms with Crippen molar-refractivity contribution >= 4 is 5.97 Å². The number of hydrogen-bond donors (Lipinski definition) is 3. The Labute approximate surface area is 119 Å². The summed E-state index contributed by atoms with van der Waals surface area (Å²) in [6, 6.07) is 6.48. The van der Waals surface area contributed by atoms with Gasteiger partial charge in [0, 0.05) is 6.04 Å². The highest BCUT2D eigenvalue weighted by Crippen LogP contribution is 2.22. The summed E-state index contributed by atoms with van der Waals surface area (Å²) in [7, 11) is 1.57. The Morgan fingerprint density at radius 1 is 1.30 bits per heavy atom. The SMILES string of the molecule is COc1ccc(C(O)C(CC(=O)O)NCC(C)C)cc1. The van der Waals surface area contributed by atoms with Gasteiger partial charge in [-0.15, -0.1) is 0 Å². The number of carboxylic acid groups (broad SMARTS) is 1. The smallest absolute Gasteiger partial charge is 0.305 e. The van der Waals surface area contributed by atoms with Crippen LogP contribution in [0.2, 0.25) is 0 Å². The molecular formula is C15H23NO4. The van der Waals surface area contributed by atoms with E-state index in [2.05, 4.69) is 5.32 Å². The van der Waals surface area contributed by atoms with E-state index in [1.54, 1.807) is 31.4 Å². The average Bonchev–Trinajstić information content (AvgIpc) is 2.42. The third-order valence-corrected chi connectivity index (χ3v) is 3.02. The Morgan fingerprint density at radius 2 is 1.90 bits per heavy atom. The Morgan fingerprint density at radius 3 is 2.35 bits per heavy atom. The number of aliphatic hydroxyl groups is 1. The second kappa shape index (κ2) is 7.87. The quantitative estimate of drug-likeness (QED) is 0.677. The molecular weight excluding hydrogens is 258 g/mol. The highest BCUT2D eigenvalue weighted by molar-refractivity contribution is 5.67. The Balaban J connectivity index is 2.78. The summed E-state index contributed by atoms with van der Waals surface area (Å²) >= 11 is 0. The molecule has 112 valence electrons. The maximum absolute atomic E-state index is 10.9. The van der Waals surface area contributed by atoms with Gasteiger partial charge in [-0.3, -0.25) is 4.79 Å². The van der Waals surface area contributed by atoms with Crippen LogP contribution in [0.15, 0.2) is 24.3 Å². The molecule has 0 spiro atoms. The van der Waals surface area contributed by atoms with Gasteiger partial charge >= 0.3 is 5.97 Å². The van der Waals surface area contributed by atoms with Crippen LogP contribution in [0.25, 0.3) is 0 Å². The van der Waals surface area contributed by atoms with Gasteiger partial charge in [0.25, 0.3) is 0 Å². The number of ether oxygens (including phenoxy) is 1. The van der Waals surface area contributed by atoms with E-state index in [9.17, 15) is 9.90 Å². The summed E-state index contributed by atoms with van der Waals surface area (Å²) in [5, 5.41) is 22.4. The van der Waals surface area contributed by atoms with E-state index in [0.717, 1.165) is 0 Å². The van der Waals surface area contributed by atoms with Crippen LogP contribution >= 0.6 is 0 Å². The molecule has 0 fully saturated rings. The zero-order valence-corrected chi connectivity index (χ0v) is 12.2. The molecule has 0 amide bonds. The predicted molar refractivity (Wildman–Crippen MR) is 76.8 cm³/mol. The van der Waals surface area contributed by atoms with Crippen LogP contribution in [-0.4, -0.2) is 35.9 Å². The fourth-order valence-corrected chi connectivity index (χ4v) is 1.90. The van der Waals surface area contributed by atoms with E-state index in [0.29, 0.717) is 23.8 Å². The molecule has 0 aromatic heterocycles. The van der Waals surface area contributed by atoms with Crippen molar-refractivity contribution in [3.05, 3.63) is 29.8 Å². The van der Waals surface area contributed by atoms with E-state index < -0.39 is 18.1 Å². The molecule has 3 N–H and O–H groups in total. The van der Waals surface area contributed by atoms with Crippen LogP contribution in [-0.2, 0) is 4.79 Å². The molecule has 0 saturated heterocycles. The molecule has 1 rings (SSSR count). The normalized spacial score (nSPS) is 14.1. The van der Waals surface area contributed by atoms with E-state index in [-0.39, 0.29) is 6.42 Å². The molecule has 1 aromatic carbocycles. The lowest BCUT2D eigenvalue weighted by Gasteiger charge is -2.24. The topological polar surface area (TPSA) is 78.8 Å². The van der Waals surface area contributed by atoms with Crippen LogP contribution in [0.4, 0.5) is 0 Å².